The first-order chi connectivity index (χ1) is 19.3. The molecule has 0 aliphatic carbocycles. The van der Waals surface area contributed by atoms with Crippen molar-refractivity contribution in [2.24, 2.45) is 0 Å². The Morgan fingerprint density at radius 2 is 1.93 bits per heavy atom. The Kier molecular flexibility index (Phi) is 7.22. The van der Waals surface area contributed by atoms with Gasteiger partial charge >= 0.3 is 0 Å². The maximum absolute atomic E-state index is 13.4. The van der Waals surface area contributed by atoms with E-state index in [2.05, 4.69) is 5.32 Å². The van der Waals surface area contributed by atoms with Crippen molar-refractivity contribution in [2.45, 2.75) is 30.4 Å². The molecular formula is C29H32N4O6S. The van der Waals surface area contributed by atoms with Gasteiger partial charge in [-0.2, -0.15) is 4.31 Å². The molecule has 11 heteroatoms. The minimum Gasteiger partial charge on any atom is -0.379 e. The van der Waals surface area contributed by atoms with Gasteiger partial charge in [0.1, 0.15) is 6.54 Å². The van der Waals surface area contributed by atoms with E-state index in [1.54, 1.807) is 31.3 Å². The Balaban J connectivity index is 1.33. The summed E-state index contributed by atoms with van der Waals surface area (Å²) in [5.41, 5.74) is 3.25. The van der Waals surface area contributed by atoms with Crippen LogP contribution in [0.25, 0.3) is 22.6 Å². The number of carbonyl (C=O) groups is 2. The molecular weight excluding hydrogens is 532 g/mol. The molecule has 3 aliphatic rings. The molecule has 0 radical (unpaired) electrons. The number of carbonyl (C=O) groups excluding carboxylic acids is 2. The van der Waals surface area contributed by atoms with Gasteiger partial charge in [-0.05, 0) is 43.2 Å². The molecule has 3 aliphatic heterocycles. The largest absolute Gasteiger partial charge is 0.379 e. The van der Waals surface area contributed by atoms with E-state index in [0.717, 1.165) is 35.9 Å². The van der Waals surface area contributed by atoms with Crippen LogP contribution in [0.4, 0.5) is 5.69 Å². The summed E-state index contributed by atoms with van der Waals surface area (Å²) in [6.45, 7) is 2.65. The van der Waals surface area contributed by atoms with E-state index in [9.17, 15) is 18.0 Å². The van der Waals surface area contributed by atoms with Crippen LogP contribution < -0.4 is 10.2 Å². The van der Waals surface area contributed by atoms with Crippen molar-refractivity contribution in [1.29, 1.82) is 0 Å². The number of sulfonamides is 1. The number of morpholine rings is 1. The molecule has 0 saturated carbocycles. The van der Waals surface area contributed by atoms with Gasteiger partial charge in [0.25, 0.3) is 5.91 Å². The molecule has 0 spiro atoms. The highest BCUT2D eigenvalue weighted by Crippen LogP contribution is 2.39. The smallest absolute Gasteiger partial charge is 0.258 e. The van der Waals surface area contributed by atoms with E-state index < -0.39 is 10.0 Å². The fraction of sp³-hybridized carbons (Fsp3) is 0.379. The second-order valence-electron chi connectivity index (χ2n) is 10.3. The number of hydrogen-bond acceptors (Lipinski definition) is 6. The van der Waals surface area contributed by atoms with E-state index in [4.69, 9.17) is 9.47 Å². The number of fused-ring (bicyclic) bond motifs is 2. The molecule has 1 N–H and O–H groups in total. The molecule has 1 atom stereocenters. The van der Waals surface area contributed by atoms with Crippen molar-refractivity contribution in [1.82, 2.24) is 14.2 Å². The average Bonchev–Trinajstić information content (AvgIpc) is 3.67. The van der Waals surface area contributed by atoms with Crippen molar-refractivity contribution in [3.63, 3.8) is 0 Å². The summed E-state index contributed by atoms with van der Waals surface area (Å²) >= 11 is 0. The molecule has 4 heterocycles. The molecule has 10 nitrogen and oxygen atoms in total. The minimum atomic E-state index is -3.73. The molecule has 2 amide bonds. The topological polar surface area (TPSA) is 110 Å². The molecule has 3 aromatic rings. The normalized spacial score (nSPS) is 20.9. The highest BCUT2D eigenvalue weighted by molar-refractivity contribution is 7.89. The zero-order valence-corrected chi connectivity index (χ0v) is 23.2. The van der Waals surface area contributed by atoms with Gasteiger partial charge in [-0.25, -0.2) is 8.42 Å². The van der Waals surface area contributed by atoms with Crippen LogP contribution in [0.15, 0.2) is 53.6 Å². The Morgan fingerprint density at radius 1 is 1.12 bits per heavy atom. The highest BCUT2D eigenvalue weighted by Gasteiger charge is 2.33. The Hall–Kier alpha value is -3.51. The van der Waals surface area contributed by atoms with Crippen LogP contribution in [0.2, 0.25) is 0 Å². The predicted octanol–water partition coefficient (Wildman–Crippen LogP) is 2.47. The number of benzene rings is 2. The standard InChI is InChI=1S/C29H32N4O6S/c1-31-26-9-8-22(40(36,37)33-10-13-38-14-11-33)16-24(26)25(29(31)35)15-20-18-32(27-7-3-2-6-23(20)27)19-28(34)30-17-21-5-4-12-39-21/h2-3,6-9,15-16,18,21H,4-5,10-14,17,19H2,1H3,(H,30,34)/b25-15-/t21-/m0/s1. The third-order valence-electron chi connectivity index (χ3n) is 7.75. The van der Waals surface area contributed by atoms with E-state index in [1.165, 1.54) is 9.21 Å². The second-order valence-corrected chi connectivity index (χ2v) is 12.2. The van der Waals surface area contributed by atoms with E-state index in [0.29, 0.717) is 49.7 Å². The summed E-state index contributed by atoms with van der Waals surface area (Å²) in [6, 6.07) is 12.5. The van der Waals surface area contributed by atoms with Crippen LogP contribution in [-0.4, -0.2) is 81.7 Å². The number of nitrogens with zero attached hydrogens (tertiary/aromatic N) is 3. The van der Waals surface area contributed by atoms with Gasteiger partial charge in [0.15, 0.2) is 0 Å². The molecule has 2 saturated heterocycles. The SMILES string of the molecule is CN1C(=O)/C(=C\c2cn(CC(=O)NC[C@@H]3CCCO3)c3ccccc23)c2cc(S(=O)(=O)N3CCOCC3)ccc21. The van der Waals surface area contributed by atoms with Crippen molar-refractivity contribution in [3.8, 4) is 0 Å². The fourth-order valence-corrected chi connectivity index (χ4v) is 7.02. The van der Waals surface area contributed by atoms with Gasteiger partial charge in [0.2, 0.25) is 15.9 Å². The van der Waals surface area contributed by atoms with Gasteiger partial charge in [-0.15, -0.1) is 0 Å². The van der Waals surface area contributed by atoms with Crippen LogP contribution in [-0.2, 0) is 35.6 Å². The molecule has 6 rings (SSSR count). The average molecular weight is 565 g/mol. The lowest BCUT2D eigenvalue weighted by molar-refractivity contribution is -0.122. The Bertz CT molecular complexity index is 1600. The molecule has 0 unspecified atom stereocenters. The van der Waals surface area contributed by atoms with Crippen molar-refractivity contribution in [2.75, 3.05) is 51.4 Å². The molecule has 0 bridgehead atoms. The van der Waals surface area contributed by atoms with Crippen LogP contribution in [0.1, 0.15) is 24.0 Å². The summed E-state index contributed by atoms with van der Waals surface area (Å²) in [4.78, 5) is 27.8. The van der Waals surface area contributed by atoms with Gasteiger partial charge in [-0.3, -0.25) is 9.59 Å². The first kappa shape index (κ1) is 26.7. The molecule has 1 aromatic heterocycles. The third-order valence-corrected chi connectivity index (χ3v) is 9.64. The number of anilines is 1. The maximum Gasteiger partial charge on any atom is 0.258 e. The lowest BCUT2D eigenvalue weighted by Crippen LogP contribution is -2.40. The van der Waals surface area contributed by atoms with Gasteiger partial charge in [-0.1, -0.05) is 18.2 Å². The lowest BCUT2D eigenvalue weighted by Gasteiger charge is -2.26. The first-order valence-electron chi connectivity index (χ1n) is 13.5. The molecule has 2 fully saturated rings. The maximum atomic E-state index is 13.4. The lowest BCUT2D eigenvalue weighted by atomic mass is 10.0. The zero-order chi connectivity index (χ0) is 27.9. The van der Waals surface area contributed by atoms with Crippen LogP contribution >= 0.6 is 0 Å². The van der Waals surface area contributed by atoms with Crippen molar-refractivity contribution >= 4 is 50.1 Å². The van der Waals surface area contributed by atoms with Crippen molar-refractivity contribution < 1.29 is 27.5 Å². The van der Waals surface area contributed by atoms with Gasteiger partial charge < -0.3 is 24.3 Å². The number of aromatic nitrogens is 1. The third kappa shape index (κ3) is 4.94. The number of amides is 2. The van der Waals surface area contributed by atoms with E-state index >= 15 is 0 Å². The van der Waals surface area contributed by atoms with Gasteiger partial charge in [0.05, 0.1) is 29.9 Å². The fourth-order valence-electron chi connectivity index (χ4n) is 5.58. The quantitative estimate of drug-likeness (QED) is 0.442. The number of likely N-dealkylation sites (N-methyl/N-ethyl adjacent to an activating group) is 1. The summed E-state index contributed by atoms with van der Waals surface area (Å²) in [6.07, 6.45) is 5.68. The highest BCUT2D eigenvalue weighted by atomic mass is 32.2. The zero-order valence-electron chi connectivity index (χ0n) is 22.3. The minimum absolute atomic E-state index is 0.0630. The first-order valence-corrected chi connectivity index (χ1v) is 15.0. The monoisotopic (exact) mass is 564 g/mol. The number of para-hydroxylation sites is 1. The number of nitrogens with one attached hydrogen (secondary N) is 1. The van der Waals surface area contributed by atoms with Crippen molar-refractivity contribution in [3.05, 3.63) is 59.8 Å². The van der Waals surface area contributed by atoms with E-state index in [-0.39, 0.29) is 29.4 Å². The Morgan fingerprint density at radius 3 is 2.70 bits per heavy atom. The van der Waals surface area contributed by atoms with E-state index in [1.807, 2.05) is 35.0 Å². The number of hydrogen-bond donors (Lipinski definition) is 1. The molecule has 40 heavy (non-hydrogen) atoms. The second kappa shape index (κ2) is 10.8. The van der Waals surface area contributed by atoms with Gasteiger partial charge in [0, 0.05) is 67.1 Å². The summed E-state index contributed by atoms with van der Waals surface area (Å²) < 4.78 is 40.9. The van der Waals surface area contributed by atoms with Crippen LogP contribution in [0.3, 0.4) is 0 Å². The summed E-state index contributed by atoms with van der Waals surface area (Å²) in [5, 5.41) is 3.86. The predicted molar refractivity (Wildman–Crippen MR) is 151 cm³/mol. The molecule has 210 valence electrons. The summed E-state index contributed by atoms with van der Waals surface area (Å²) in [7, 11) is -2.05. The Labute approximate surface area is 233 Å². The van der Waals surface area contributed by atoms with Crippen LogP contribution in [0.5, 0.6) is 0 Å². The number of rotatable bonds is 7. The number of ether oxygens (including phenoxy) is 2. The molecule has 2 aromatic carbocycles. The summed E-state index contributed by atoms with van der Waals surface area (Å²) in [5.74, 6) is -0.336. The van der Waals surface area contributed by atoms with Crippen LogP contribution in [0, 0.1) is 0 Å².